The number of aliphatic hydroxyl groups excluding tert-OH is 1. The number of dihydropyridines is 1. The second kappa shape index (κ2) is 3.03. The van der Waals surface area contributed by atoms with Crippen molar-refractivity contribution in [2.45, 2.75) is 6.42 Å². The topological polar surface area (TPSA) is 44.3 Å². The van der Waals surface area contributed by atoms with E-state index in [1.165, 1.54) is 5.57 Å². The summed E-state index contributed by atoms with van der Waals surface area (Å²) >= 11 is 0. The molecule has 3 heteroatoms. The van der Waals surface area contributed by atoms with Gasteiger partial charge >= 0.3 is 0 Å². The van der Waals surface area contributed by atoms with E-state index in [2.05, 4.69) is 16.7 Å². The van der Waals surface area contributed by atoms with Gasteiger partial charge in [0, 0.05) is 12.2 Å². The fourth-order valence-electron chi connectivity index (χ4n) is 1.43. The Morgan fingerprint density at radius 2 is 2.25 bits per heavy atom. The molecule has 2 aliphatic rings. The van der Waals surface area contributed by atoms with Gasteiger partial charge in [-0.25, -0.2) is 0 Å². The predicted molar refractivity (Wildman–Crippen MR) is 47.5 cm³/mol. The number of nitrogens with one attached hydrogen (secondary N) is 2. The first-order valence-electron chi connectivity index (χ1n) is 4.14. The standard InChI is InChI=1S/C9H12N2O/c12-9-2-1-7-3-5-10-6-4-8(7)11-9/h1-2,4,10-12H,3,5-6H2. The van der Waals surface area contributed by atoms with Crippen molar-refractivity contribution in [2.75, 3.05) is 13.1 Å². The van der Waals surface area contributed by atoms with Crippen molar-refractivity contribution in [2.24, 2.45) is 0 Å². The smallest absolute Gasteiger partial charge is 0.188 e. The number of hydrogen-bond acceptors (Lipinski definition) is 3. The quantitative estimate of drug-likeness (QED) is 0.496. The summed E-state index contributed by atoms with van der Waals surface area (Å²) in [5.74, 6) is 0.229. The molecule has 12 heavy (non-hydrogen) atoms. The maximum absolute atomic E-state index is 9.18. The van der Waals surface area contributed by atoms with Crippen molar-refractivity contribution < 1.29 is 5.11 Å². The van der Waals surface area contributed by atoms with Crippen LogP contribution in [0.15, 0.2) is 35.4 Å². The van der Waals surface area contributed by atoms with Gasteiger partial charge in [0.05, 0.1) is 0 Å². The molecular weight excluding hydrogens is 152 g/mol. The first-order valence-corrected chi connectivity index (χ1v) is 4.14. The average Bonchev–Trinajstić information content (AvgIpc) is 2.28. The van der Waals surface area contributed by atoms with Crippen LogP contribution in [0.3, 0.4) is 0 Å². The Balaban J connectivity index is 2.27. The minimum atomic E-state index is 0.229. The molecule has 0 aromatic carbocycles. The molecule has 0 saturated heterocycles. The van der Waals surface area contributed by atoms with E-state index in [-0.39, 0.29) is 5.88 Å². The summed E-state index contributed by atoms with van der Waals surface area (Å²) in [6.07, 6.45) is 6.73. The lowest BCUT2D eigenvalue weighted by Crippen LogP contribution is -2.17. The van der Waals surface area contributed by atoms with Crippen LogP contribution in [0, 0.1) is 0 Å². The van der Waals surface area contributed by atoms with Gasteiger partial charge in [0.15, 0.2) is 5.88 Å². The maximum atomic E-state index is 9.18. The van der Waals surface area contributed by atoms with Crippen molar-refractivity contribution in [3.05, 3.63) is 35.4 Å². The Labute approximate surface area is 71.5 Å². The molecule has 0 radical (unpaired) electrons. The molecule has 0 aromatic rings. The molecule has 3 nitrogen and oxygen atoms in total. The van der Waals surface area contributed by atoms with Crippen molar-refractivity contribution in [3.8, 4) is 0 Å². The zero-order valence-corrected chi connectivity index (χ0v) is 6.80. The monoisotopic (exact) mass is 164 g/mol. The molecule has 0 bridgehead atoms. The predicted octanol–water partition coefficient (Wildman–Crippen LogP) is 0.793. The lowest BCUT2D eigenvalue weighted by atomic mass is 10.1. The van der Waals surface area contributed by atoms with E-state index < -0.39 is 0 Å². The SMILES string of the molecule is OC1=CC=C2CCNCC=C2N1. The second-order valence-corrected chi connectivity index (χ2v) is 2.94. The Morgan fingerprint density at radius 3 is 3.17 bits per heavy atom. The lowest BCUT2D eigenvalue weighted by molar-refractivity contribution is 0.376. The molecule has 0 atom stereocenters. The van der Waals surface area contributed by atoms with Crippen LogP contribution in [0.1, 0.15) is 6.42 Å². The zero-order chi connectivity index (χ0) is 8.39. The van der Waals surface area contributed by atoms with E-state index in [0.717, 1.165) is 25.2 Å². The molecule has 0 fully saturated rings. The normalized spacial score (nSPS) is 22.5. The Kier molecular flexibility index (Phi) is 1.87. The van der Waals surface area contributed by atoms with Gasteiger partial charge in [0.1, 0.15) is 0 Å². The van der Waals surface area contributed by atoms with Gasteiger partial charge in [0.2, 0.25) is 0 Å². The summed E-state index contributed by atoms with van der Waals surface area (Å²) in [5.41, 5.74) is 2.30. The van der Waals surface area contributed by atoms with Crippen LogP contribution in [-0.4, -0.2) is 18.2 Å². The number of fused-ring (bicyclic) bond motifs is 1. The average molecular weight is 164 g/mol. The van der Waals surface area contributed by atoms with Crippen LogP contribution in [0.2, 0.25) is 0 Å². The summed E-state index contributed by atoms with van der Waals surface area (Å²) in [5, 5.41) is 15.4. The zero-order valence-electron chi connectivity index (χ0n) is 6.80. The fraction of sp³-hybridized carbons (Fsp3) is 0.333. The number of allylic oxidation sites excluding steroid dienone is 3. The van der Waals surface area contributed by atoms with Crippen molar-refractivity contribution in [3.63, 3.8) is 0 Å². The summed E-state index contributed by atoms with van der Waals surface area (Å²) < 4.78 is 0. The van der Waals surface area contributed by atoms with Gasteiger partial charge in [0.25, 0.3) is 0 Å². The van der Waals surface area contributed by atoms with Gasteiger partial charge in [-0.2, -0.15) is 0 Å². The summed E-state index contributed by atoms with van der Waals surface area (Å²) in [7, 11) is 0. The molecule has 0 aromatic heterocycles. The van der Waals surface area contributed by atoms with Crippen LogP contribution in [0.25, 0.3) is 0 Å². The third-order valence-electron chi connectivity index (χ3n) is 2.07. The van der Waals surface area contributed by atoms with E-state index in [1.54, 1.807) is 6.08 Å². The first-order chi connectivity index (χ1) is 5.86. The number of hydrogen-bond donors (Lipinski definition) is 3. The van der Waals surface area contributed by atoms with Gasteiger partial charge in [-0.1, -0.05) is 6.08 Å². The van der Waals surface area contributed by atoms with Crippen molar-refractivity contribution in [1.29, 1.82) is 0 Å². The molecular formula is C9H12N2O. The van der Waals surface area contributed by atoms with Gasteiger partial charge in [-0.05, 0) is 30.7 Å². The van der Waals surface area contributed by atoms with Crippen LogP contribution < -0.4 is 10.6 Å². The lowest BCUT2D eigenvalue weighted by Gasteiger charge is -2.15. The highest BCUT2D eigenvalue weighted by atomic mass is 16.3. The van der Waals surface area contributed by atoms with Crippen LogP contribution in [0.5, 0.6) is 0 Å². The van der Waals surface area contributed by atoms with Gasteiger partial charge in [-0.15, -0.1) is 0 Å². The fourth-order valence-corrected chi connectivity index (χ4v) is 1.43. The molecule has 0 spiro atoms. The molecule has 64 valence electrons. The molecule has 3 N–H and O–H groups in total. The van der Waals surface area contributed by atoms with Crippen molar-refractivity contribution >= 4 is 0 Å². The highest BCUT2D eigenvalue weighted by molar-refractivity contribution is 5.39. The van der Waals surface area contributed by atoms with Gasteiger partial charge < -0.3 is 15.7 Å². The highest BCUT2D eigenvalue weighted by Gasteiger charge is 2.11. The molecule has 0 saturated carbocycles. The van der Waals surface area contributed by atoms with Crippen LogP contribution >= 0.6 is 0 Å². The molecule has 2 aliphatic heterocycles. The number of aliphatic hydroxyl groups is 1. The molecule has 2 rings (SSSR count). The third kappa shape index (κ3) is 1.36. The summed E-state index contributed by atoms with van der Waals surface area (Å²) in [6.45, 7) is 1.87. The molecule has 0 unspecified atom stereocenters. The molecule has 0 aliphatic carbocycles. The van der Waals surface area contributed by atoms with E-state index >= 15 is 0 Å². The van der Waals surface area contributed by atoms with Crippen molar-refractivity contribution in [1.82, 2.24) is 10.6 Å². The largest absolute Gasteiger partial charge is 0.495 e. The summed E-state index contributed by atoms with van der Waals surface area (Å²) in [6, 6.07) is 0. The Bertz CT molecular complexity index is 276. The van der Waals surface area contributed by atoms with E-state index in [4.69, 9.17) is 0 Å². The molecule has 0 amide bonds. The minimum absolute atomic E-state index is 0.229. The Morgan fingerprint density at radius 1 is 1.33 bits per heavy atom. The summed E-state index contributed by atoms with van der Waals surface area (Å²) in [4.78, 5) is 0. The highest BCUT2D eigenvalue weighted by Crippen LogP contribution is 2.17. The maximum Gasteiger partial charge on any atom is 0.188 e. The van der Waals surface area contributed by atoms with Crippen LogP contribution in [0.4, 0.5) is 0 Å². The number of rotatable bonds is 0. The molecule has 2 heterocycles. The van der Waals surface area contributed by atoms with E-state index in [0.29, 0.717) is 0 Å². The van der Waals surface area contributed by atoms with E-state index in [1.807, 2.05) is 6.08 Å². The third-order valence-corrected chi connectivity index (χ3v) is 2.07. The van der Waals surface area contributed by atoms with E-state index in [9.17, 15) is 5.11 Å². The first kappa shape index (κ1) is 7.43. The second-order valence-electron chi connectivity index (χ2n) is 2.94. The van der Waals surface area contributed by atoms with Gasteiger partial charge in [-0.3, -0.25) is 0 Å². The minimum Gasteiger partial charge on any atom is -0.495 e. The Hall–Kier alpha value is -1.22. The van der Waals surface area contributed by atoms with Crippen LogP contribution in [-0.2, 0) is 0 Å².